The van der Waals surface area contributed by atoms with Gasteiger partial charge in [0.1, 0.15) is 12.4 Å². The van der Waals surface area contributed by atoms with Crippen LogP contribution in [0.25, 0.3) is 0 Å². The molecule has 2 N–H and O–H groups in total. The number of rotatable bonds is 5. The van der Waals surface area contributed by atoms with E-state index in [9.17, 15) is 0 Å². The van der Waals surface area contributed by atoms with Crippen molar-refractivity contribution in [2.45, 2.75) is 26.0 Å². The summed E-state index contributed by atoms with van der Waals surface area (Å²) in [6, 6.07) is 13.8. The van der Waals surface area contributed by atoms with Crippen molar-refractivity contribution in [3.8, 4) is 5.75 Å². The van der Waals surface area contributed by atoms with E-state index in [0.29, 0.717) is 6.61 Å². The Bertz CT molecular complexity index is 569. The summed E-state index contributed by atoms with van der Waals surface area (Å²) in [6.07, 6.45) is 0.787. The highest BCUT2D eigenvalue weighted by atomic mass is 79.9. The van der Waals surface area contributed by atoms with Gasteiger partial charge in [-0.15, -0.1) is 0 Å². The Labute approximate surface area is 133 Å². The fourth-order valence-electron chi connectivity index (χ4n) is 1.94. The minimum Gasteiger partial charge on any atom is -0.489 e. The highest BCUT2D eigenvalue weighted by Crippen LogP contribution is 2.25. The van der Waals surface area contributed by atoms with Crippen molar-refractivity contribution in [2.24, 2.45) is 5.73 Å². The molecular formula is C16H17BrClNO. The van der Waals surface area contributed by atoms with Crippen LogP contribution in [0.3, 0.4) is 0 Å². The molecule has 0 heterocycles. The van der Waals surface area contributed by atoms with Gasteiger partial charge in [0.15, 0.2) is 0 Å². The molecule has 1 unspecified atom stereocenters. The van der Waals surface area contributed by atoms with Crippen LogP contribution in [0.1, 0.15) is 18.1 Å². The fourth-order valence-corrected chi connectivity index (χ4v) is 2.47. The van der Waals surface area contributed by atoms with Crippen LogP contribution < -0.4 is 10.5 Å². The van der Waals surface area contributed by atoms with Gasteiger partial charge in [-0.05, 0) is 54.8 Å². The van der Waals surface area contributed by atoms with Gasteiger partial charge in [-0.3, -0.25) is 0 Å². The molecule has 0 aliphatic carbocycles. The van der Waals surface area contributed by atoms with E-state index in [1.165, 1.54) is 0 Å². The van der Waals surface area contributed by atoms with E-state index < -0.39 is 0 Å². The molecule has 0 bridgehead atoms. The zero-order valence-corrected chi connectivity index (χ0v) is 13.6. The molecule has 0 aliphatic heterocycles. The lowest BCUT2D eigenvalue weighted by atomic mass is 10.1. The summed E-state index contributed by atoms with van der Waals surface area (Å²) in [5.74, 6) is 0.875. The molecule has 0 fully saturated rings. The summed E-state index contributed by atoms with van der Waals surface area (Å²) in [5.41, 5.74) is 8.08. The van der Waals surface area contributed by atoms with E-state index in [-0.39, 0.29) is 6.04 Å². The Morgan fingerprint density at radius 2 is 1.90 bits per heavy atom. The molecule has 2 aromatic carbocycles. The third-order valence-electron chi connectivity index (χ3n) is 2.87. The summed E-state index contributed by atoms with van der Waals surface area (Å²) in [4.78, 5) is 0. The van der Waals surface area contributed by atoms with E-state index in [0.717, 1.165) is 32.8 Å². The quantitative estimate of drug-likeness (QED) is 0.853. The minimum atomic E-state index is 0.0992. The predicted octanol–water partition coefficient (Wildman–Crippen LogP) is 4.57. The Morgan fingerprint density at radius 1 is 1.20 bits per heavy atom. The van der Waals surface area contributed by atoms with Crippen LogP contribution in [-0.2, 0) is 13.0 Å². The van der Waals surface area contributed by atoms with E-state index in [1.54, 1.807) is 0 Å². The third-order valence-corrected chi connectivity index (χ3v) is 3.62. The Morgan fingerprint density at radius 3 is 2.55 bits per heavy atom. The molecule has 20 heavy (non-hydrogen) atoms. The monoisotopic (exact) mass is 353 g/mol. The van der Waals surface area contributed by atoms with Gasteiger partial charge in [0.2, 0.25) is 0 Å². The number of hydrogen-bond donors (Lipinski definition) is 1. The molecule has 0 saturated heterocycles. The second kappa shape index (κ2) is 7.11. The number of benzene rings is 2. The van der Waals surface area contributed by atoms with Crippen molar-refractivity contribution in [3.05, 3.63) is 63.1 Å². The second-order valence-electron chi connectivity index (χ2n) is 4.85. The van der Waals surface area contributed by atoms with Crippen LogP contribution in [0.4, 0.5) is 0 Å². The lowest BCUT2D eigenvalue weighted by molar-refractivity contribution is 0.302. The first-order valence-corrected chi connectivity index (χ1v) is 7.63. The molecule has 4 heteroatoms. The van der Waals surface area contributed by atoms with Crippen LogP contribution in [0.5, 0.6) is 5.75 Å². The van der Waals surface area contributed by atoms with Crippen LogP contribution in [0.15, 0.2) is 46.9 Å². The molecule has 106 valence electrons. The van der Waals surface area contributed by atoms with Gasteiger partial charge < -0.3 is 10.5 Å². The Hall–Kier alpha value is -1.03. The average Bonchev–Trinajstić information content (AvgIpc) is 2.39. The Kier molecular flexibility index (Phi) is 5.46. The molecule has 0 aromatic heterocycles. The van der Waals surface area contributed by atoms with Gasteiger partial charge in [-0.2, -0.15) is 0 Å². The maximum absolute atomic E-state index is 5.90. The van der Waals surface area contributed by atoms with E-state index in [2.05, 4.69) is 22.0 Å². The highest BCUT2D eigenvalue weighted by Gasteiger charge is 2.07. The molecule has 2 rings (SSSR count). The Balaban J connectivity index is 2.10. The van der Waals surface area contributed by atoms with Crippen molar-refractivity contribution in [2.75, 3.05) is 0 Å². The first kappa shape index (κ1) is 15.4. The van der Waals surface area contributed by atoms with E-state index >= 15 is 0 Å². The van der Waals surface area contributed by atoms with Crippen LogP contribution >= 0.6 is 27.5 Å². The smallest absolute Gasteiger partial charge is 0.123 e. The third kappa shape index (κ3) is 4.51. The lowest BCUT2D eigenvalue weighted by Crippen LogP contribution is -2.18. The van der Waals surface area contributed by atoms with Crippen LogP contribution in [0.2, 0.25) is 5.02 Å². The second-order valence-corrected chi connectivity index (χ2v) is 6.20. The lowest BCUT2D eigenvalue weighted by Gasteiger charge is -2.14. The summed E-state index contributed by atoms with van der Waals surface area (Å²) in [6.45, 7) is 2.51. The fraction of sp³-hybridized carbons (Fsp3) is 0.250. The van der Waals surface area contributed by atoms with Gasteiger partial charge in [-0.25, -0.2) is 0 Å². The minimum absolute atomic E-state index is 0.0992. The molecule has 0 saturated carbocycles. The van der Waals surface area contributed by atoms with Crippen LogP contribution in [-0.4, -0.2) is 6.04 Å². The molecule has 0 amide bonds. The predicted molar refractivity (Wildman–Crippen MR) is 87.3 cm³/mol. The number of nitrogens with two attached hydrogens (primary N) is 1. The van der Waals surface area contributed by atoms with Crippen molar-refractivity contribution in [1.82, 2.24) is 0 Å². The van der Waals surface area contributed by atoms with Crippen molar-refractivity contribution >= 4 is 27.5 Å². The highest BCUT2D eigenvalue weighted by molar-refractivity contribution is 9.10. The molecule has 0 radical (unpaired) electrons. The normalized spacial score (nSPS) is 12.2. The molecular weight excluding hydrogens is 338 g/mol. The SMILES string of the molecule is CC(N)Cc1cc(Br)ccc1OCc1ccc(Cl)cc1. The molecule has 0 spiro atoms. The summed E-state index contributed by atoms with van der Waals surface area (Å²) in [7, 11) is 0. The van der Waals surface area contributed by atoms with Crippen molar-refractivity contribution in [1.29, 1.82) is 0 Å². The van der Waals surface area contributed by atoms with Crippen LogP contribution in [0, 0.1) is 0 Å². The van der Waals surface area contributed by atoms with Gasteiger partial charge in [0, 0.05) is 15.5 Å². The number of halogens is 2. The summed E-state index contributed by atoms with van der Waals surface area (Å²) in [5, 5.41) is 0.732. The number of ether oxygens (including phenoxy) is 1. The topological polar surface area (TPSA) is 35.2 Å². The van der Waals surface area contributed by atoms with Gasteiger partial charge in [-0.1, -0.05) is 39.7 Å². The largest absolute Gasteiger partial charge is 0.489 e. The standard InChI is InChI=1S/C16H17BrClNO/c1-11(19)8-13-9-14(17)4-7-16(13)20-10-12-2-5-15(18)6-3-12/h2-7,9,11H,8,10,19H2,1H3. The first-order chi connectivity index (χ1) is 9.54. The zero-order valence-electron chi connectivity index (χ0n) is 11.3. The molecule has 1 atom stereocenters. The number of hydrogen-bond acceptors (Lipinski definition) is 2. The van der Waals surface area contributed by atoms with Gasteiger partial charge in [0.25, 0.3) is 0 Å². The molecule has 2 nitrogen and oxygen atoms in total. The molecule has 0 aliphatic rings. The first-order valence-electron chi connectivity index (χ1n) is 6.46. The van der Waals surface area contributed by atoms with Gasteiger partial charge >= 0.3 is 0 Å². The van der Waals surface area contributed by atoms with Crippen molar-refractivity contribution in [3.63, 3.8) is 0 Å². The van der Waals surface area contributed by atoms with E-state index in [4.69, 9.17) is 22.1 Å². The summed E-state index contributed by atoms with van der Waals surface area (Å²) < 4.78 is 6.93. The maximum atomic E-state index is 5.90. The maximum Gasteiger partial charge on any atom is 0.123 e. The average molecular weight is 355 g/mol. The van der Waals surface area contributed by atoms with E-state index in [1.807, 2.05) is 43.3 Å². The summed E-state index contributed by atoms with van der Waals surface area (Å²) >= 11 is 9.35. The zero-order chi connectivity index (χ0) is 14.5. The molecule has 2 aromatic rings. The van der Waals surface area contributed by atoms with Crippen molar-refractivity contribution < 1.29 is 4.74 Å². The van der Waals surface area contributed by atoms with Gasteiger partial charge in [0.05, 0.1) is 0 Å².